The van der Waals surface area contributed by atoms with Gasteiger partial charge in [0, 0.05) is 17.2 Å². The number of carboxylic acids is 1. The summed E-state index contributed by atoms with van der Waals surface area (Å²) < 4.78 is 0. The molecule has 2 nitrogen and oxygen atoms in total. The van der Waals surface area contributed by atoms with Crippen molar-refractivity contribution in [1.29, 1.82) is 0 Å². The largest absolute Gasteiger partial charge is 0.481 e. The van der Waals surface area contributed by atoms with E-state index in [1.54, 1.807) is 0 Å². The third-order valence-electron chi connectivity index (χ3n) is 3.29. The van der Waals surface area contributed by atoms with E-state index in [1.807, 2.05) is 17.8 Å². The molecule has 0 radical (unpaired) electrons. The third-order valence-corrected chi connectivity index (χ3v) is 4.78. The average Bonchev–Trinajstić information content (AvgIpc) is 2.82. The highest BCUT2D eigenvalue weighted by atomic mass is 35.5. The zero-order valence-corrected chi connectivity index (χ0v) is 11.8. The van der Waals surface area contributed by atoms with Crippen molar-refractivity contribution in [2.45, 2.75) is 31.6 Å². The number of hydrogen-bond acceptors (Lipinski definition) is 2. The molecule has 4 heteroatoms. The fourth-order valence-corrected chi connectivity index (χ4v) is 3.89. The van der Waals surface area contributed by atoms with Crippen molar-refractivity contribution in [1.82, 2.24) is 0 Å². The Balaban J connectivity index is 1.98. The summed E-state index contributed by atoms with van der Waals surface area (Å²) in [6.07, 6.45) is 2.89. The van der Waals surface area contributed by atoms with Gasteiger partial charge >= 0.3 is 5.97 Å². The Morgan fingerprint density at radius 1 is 1.50 bits per heavy atom. The second kappa shape index (κ2) is 6.48. The summed E-state index contributed by atoms with van der Waals surface area (Å²) in [7, 11) is 0. The molecule has 1 aliphatic rings. The van der Waals surface area contributed by atoms with Crippen molar-refractivity contribution < 1.29 is 9.90 Å². The maximum atomic E-state index is 10.5. The lowest BCUT2D eigenvalue weighted by Crippen LogP contribution is -1.99. The Hall–Kier alpha value is -0.670. The van der Waals surface area contributed by atoms with Crippen LogP contribution in [-0.2, 0) is 11.2 Å². The lowest BCUT2D eigenvalue weighted by molar-refractivity contribution is -0.137. The van der Waals surface area contributed by atoms with Gasteiger partial charge in [0.05, 0.1) is 0 Å². The van der Waals surface area contributed by atoms with Crippen LogP contribution in [0.25, 0.3) is 0 Å². The number of aryl methyl sites for hydroxylation is 1. The summed E-state index contributed by atoms with van der Waals surface area (Å²) in [4.78, 5) is 10.5. The fourth-order valence-electron chi connectivity index (χ4n) is 2.28. The highest BCUT2D eigenvalue weighted by molar-refractivity contribution is 7.99. The number of carbonyl (C=O) groups is 1. The summed E-state index contributed by atoms with van der Waals surface area (Å²) in [5.74, 6) is 2.25. The summed E-state index contributed by atoms with van der Waals surface area (Å²) in [6.45, 7) is 0. The van der Waals surface area contributed by atoms with Gasteiger partial charge in [-0.15, -0.1) is 0 Å². The van der Waals surface area contributed by atoms with E-state index < -0.39 is 5.97 Å². The van der Waals surface area contributed by atoms with Gasteiger partial charge < -0.3 is 5.11 Å². The molecular weight excluding hydrogens is 268 g/mol. The minimum atomic E-state index is -0.735. The minimum Gasteiger partial charge on any atom is -0.481 e. The van der Waals surface area contributed by atoms with Crippen LogP contribution in [0.2, 0.25) is 5.02 Å². The lowest BCUT2D eigenvalue weighted by Gasteiger charge is -2.12. The first-order valence-electron chi connectivity index (χ1n) is 6.24. The van der Waals surface area contributed by atoms with Gasteiger partial charge in [0.2, 0.25) is 0 Å². The van der Waals surface area contributed by atoms with Crippen LogP contribution in [0.3, 0.4) is 0 Å². The molecule has 18 heavy (non-hydrogen) atoms. The number of benzene rings is 1. The van der Waals surface area contributed by atoms with Gasteiger partial charge in [-0.2, -0.15) is 11.8 Å². The van der Waals surface area contributed by atoms with E-state index in [4.69, 9.17) is 16.7 Å². The maximum Gasteiger partial charge on any atom is 0.303 e. The van der Waals surface area contributed by atoms with E-state index in [-0.39, 0.29) is 6.42 Å². The summed E-state index contributed by atoms with van der Waals surface area (Å²) in [5.41, 5.74) is 2.39. The predicted molar refractivity (Wildman–Crippen MR) is 76.7 cm³/mol. The van der Waals surface area contributed by atoms with Crippen LogP contribution in [0.15, 0.2) is 18.2 Å². The standard InChI is InChI=1S/C14H17ClO2S/c15-13-8-10(2-1-3-14(16)17)4-5-12(13)11-6-7-18-9-11/h4-5,8,11H,1-3,6-7,9H2,(H,16,17). The third kappa shape index (κ3) is 3.66. The molecule has 1 aromatic carbocycles. The van der Waals surface area contributed by atoms with Crippen molar-refractivity contribution in [2.75, 3.05) is 11.5 Å². The van der Waals surface area contributed by atoms with Crippen molar-refractivity contribution >= 4 is 29.3 Å². The molecule has 1 N–H and O–H groups in total. The first-order chi connectivity index (χ1) is 8.66. The van der Waals surface area contributed by atoms with Gasteiger partial charge in [-0.3, -0.25) is 4.79 Å². The van der Waals surface area contributed by atoms with Crippen LogP contribution in [0, 0.1) is 0 Å². The number of thioether (sulfide) groups is 1. The van der Waals surface area contributed by atoms with Gasteiger partial charge in [-0.1, -0.05) is 23.7 Å². The van der Waals surface area contributed by atoms with E-state index in [0.29, 0.717) is 12.3 Å². The molecule has 1 unspecified atom stereocenters. The van der Waals surface area contributed by atoms with Gasteiger partial charge in [-0.05, 0) is 48.1 Å². The van der Waals surface area contributed by atoms with Crippen molar-refractivity contribution in [2.24, 2.45) is 0 Å². The number of aliphatic carboxylic acids is 1. The molecule has 1 fully saturated rings. The Morgan fingerprint density at radius 2 is 2.33 bits per heavy atom. The van der Waals surface area contributed by atoms with Crippen LogP contribution in [-0.4, -0.2) is 22.6 Å². The van der Waals surface area contributed by atoms with E-state index in [2.05, 4.69) is 12.1 Å². The summed E-state index contributed by atoms with van der Waals surface area (Å²) >= 11 is 8.31. The van der Waals surface area contributed by atoms with E-state index in [1.165, 1.54) is 17.7 Å². The quantitative estimate of drug-likeness (QED) is 0.889. The molecule has 0 saturated carbocycles. The number of halogens is 1. The Kier molecular flexibility index (Phi) is 4.95. The van der Waals surface area contributed by atoms with Crippen LogP contribution < -0.4 is 0 Å². The second-order valence-corrected chi connectivity index (χ2v) is 6.22. The molecule has 2 rings (SSSR count). The highest BCUT2D eigenvalue weighted by Gasteiger charge is 2.19. The molecule has 1 heterocycles. The molecule has 0 spiro atoms. The number of rotatable bonds is 5. The summed E-state index contributed by atoms with van der Waals surface area (Å²) in [5, 5.41) is 9.45. The Bertz CT molecular complexity index is 428. The van der Waals surface area contributed by atoms with Crippen LogP contribution in [0.4, 0.5) is 0 Å². The molecule has 1 aromatic rings. The van der Waals surface area contributed by atoms with Gasteiger partial charge in [-0.25, -0.2) is 0 Å². The van der Waals surface area contributed by atoms with E-state index in [0.717, 1.165) is 22.8 Å². The normalized spacial score (nSPS) is 19.1. The van der Waals surface area contributed by atoms with Crippen LogP contribution in [0.5, 0.6) is 0 Å². The maximum absolute atomic E-state index is 10.5. The van der Waals surface area contributed by atoms with Crippen molar-refractivity contribution in [3.8, 4) is 0 Å². The van der Waals surface area contributed by atoms with Crippen LogP contribution >= 0.6 is 23.4 Å². The van der Waals surface area contributed by atoms with Crippen molar-refractivity contribution in [3.63, 3.8) is 0 Å². The smallest absolute Gasteiger partial charge is 0.303 e. The molecule has 0 bridgehead atoms. The van der Waals surface area contributed by atoms with E-state index >= 15 is 0 Å². The molecular formula is C14H17ClO2S. The molecule has 1 aliphatic heterocycles. The lowest BCUT2D eigenvalue weighted by atomic mass is 9.96. The molecule has 1 saturated heterocycles. The molecule has 0 aliphatic carbocycles. The number of carboxylic acid groups (broad SMARTS) is 1. The second-order valence-electron chi connectivity index (χ2n) is 4.66. The van der Waals surface area contributed by atoms with Gasteiger partial charge in [0.1, 0.15) is 0 Å². The minimum absolute atomic E-state index is 0.221. The predicted octanol–water partition coefficient (Wildman–Crippen LogP) is 3.97. The topological polar surface area (TPSA) is 37.3 Å². The first-order valence-corrected chi connectivity index (χ1v) is 7.78. The molecule has 0 aromatic heterocycles. The van der Waals surface area contributed by atoms with Crippen molar-refractivity contribution in [3.05, 3.63) is 34.3 Å². The highest BCUT2D eigenvalue weighted by Crippen LogP contribution is 2.36. The molecule has 0 amide bonds. The Labute approximate surface area is 117 Å². The number of hydrogen-bond donors (Lipinski definition) is 1. The average molecular weight is 285 g/mol. The zero-order chi connectivity index (χ0) is 13.0. The van der Waals surface area contributed by atoms with Crippen LogP contribution in [0.1, 0.15) is 36.3 Å². The first kappa shape index (κ1) is 13.8. The molecule has 98 valence electrons. The van der Waals surface area contributed by atoms with Gasteiger partial charge in [0.15, 0.2) is 0 Å². The van der Waals surface area contributed by atoms with Gasteiger partial charge in [0.25, 0.3) is 0 Å². The molecule has 1 atom stereocenters. The summed E-state index contributed by atoms with van der Waals surface area (Å²) in [6, 6.07) is 6.21. The zero-order valence-electron chi connectivity index (χ0n) is 10.2. The van der Waals surface area contributed by atoms with E-state index in [9.17, 15) is 4.79 Å². The fraction of sp³-hybridized carbons (Fsp3) is 0.500. The SMILES string of the molecule is O=C(O)CCCc1ccc(C2CCSC2)c(Cl)c1. The Morgan fingerprint density at radius 3 is 2.94 bits per heavy atom. The monoisotopic (exact) mass is 284 g/mol.